The second-order valence-corrected chi connectivity index (χ2v) is 6.70. The zero-order valence-corrected chi connectivity index (χ0v) is 14.9. The first kappa shape index (κ1) is 17.5. The van der Waals surface area contributed by atoms with Gasteiger partial charge in [0.25, 0.3) is 11.6 Å². The summed E-state index contributed by atoms with van der Waals surface area (Å²) in [6.45, 7) is 0. The molecule has 2 aromatic carbocycles. The molecule has 9 nitrogen and oxygen atoms in total. The molecular weight excluding hydrogens is 382 g/mol. The molecule has 28 heavy (non-hydrogen) atoms. The molecule has 0 fully saturated rings. The lowest BCUT2D eigenvalue weighted by atomic mass is 10.1. The minimum atomic E-state index is -0.491. The molecule has 1 aliphatic rings. The quantitative estimate of drug-likeness (QED) is 0.384. The van der Waals surface area contributed by atoms with Crippen molar-refractivity contribution >= 4 is 39.9 Å². The number of fused-ring (bicyclic) bond motifs is 1. The lowest BCUT2D eigenvalue weighted by molar-refractivity contribution is -0.384. The van der Waals surface area contributed by atoms with Crippen molar-refractivity contribution in [3.63, 3.8) is 0 Å². The van der Waals surface area contributed by atoms with Crippen LogP contribution in [0.3, 0.4) is 0 Å². The van der Waals surface area contributed by atoms with Gasteiger partial charge in [0.2, 0.25) is 11.0 Å². The molecule has 0 saturated heterocycles. The number of hydrogen-bond acceptors (Lipinski definition) is 8. The van der Waals surface area contributed by atoms with Gasteiger partial charge in [-0.3, -0.25) is 20.3 Å². The van der Waals surface area contributed by atoms with E-state index in [4.69, 9.17) is 0 Å². The molecule has 0 bridgehead atoms. The number of thiazole rings is 1. The lowest BCUT2D eigenvalue weighted by Crippen LogP contribution is -2.22. The Kier molecular flexibility index (Phi) is 4.38. The van der Waals surface area contributed by atoms with E-state index in [0.29, 0.717) is 26.6 Å². The summed E-state index contributed by atoms with van der Waals surface area (Å²) < 4.78 is 0. The number of carbonyl (C=O) groups excluding carboxylic acids is 1. The first-order chi connectivity index (χ1) is 13.5. The van der Waals surface area contributed by atoms with Crippen molar-refractivity contribution in [2.45, 2.75) is 0 Å². The minimum absolute atomic E-state index is 0.0447. The summed E-state index contributed by atoms with van der Waals surface area (Å²) in [6, 6.07) is 13.0. The van der Waals surface area contributed by atoms with Crippen molar-refractivity contribution in [3.8, 4) is 5.88 Å². The second-order valence-electron chi connectivity index (χ2n) is 5.70. The number of non-ortho nitro benzene ring substituents is 1. The minimum Gasteiger partial charge on any atom is -0.492 e. The highest BCUT2D eigenvalue weighted by Crippen LogP contribution is 2.33. The second kappa shape index (κ2) is 7.00. The molecule has 0 saturated carbocycles. The molecule has 0 spiro atoms. The van der Waals surface area contributed by atoms with E-state index < -0.39 is 10.8 Å². The fourth-order valence-electron chi connectivity index (χ4n) is 2.69. The van der Waals surface area contributed by atoms with E-state index in [2.05, 4.69) is 20.5 Å². The van der Waals surface area contributed by atoms with Gasteiger partial charge in [-0.05, 0) is 6.07 Å². The summed E-state index contributed by atoms with van der Waals surface area (Å²) in [4.78, 5) is 30.8. The maximum atomic E-state index is 12.2. The fraction of sp³-hybridized carbons (Fsp3) is 0. The number of hydrazone groups is 1. The molecule has 0 atom stereocenters. The van der Waals surface area contributed by atoms with Gasteiger partial charge in [-0.2, -0.15) is 10.1 Å². The molecule has 10 heteroatoms. The van der Waals surface area contributed by atoms with E-state index in [1.54, 1.807) is 36.4 Å². The highest BCUT2D eigenvalue weighted by atomic mass is 32.1. The molecule has 3 aromatic rings. The van der Waals surface area contributed by atoms with Crippen LogP contribution in [0.25, 0.3) is 5.57 Å². The highest BCUT2D eigenvalue weighted by molar-refractivity contribution is 7.17. The topological polar surface area (TPSA) is 130 Å². The van der Waals surface area contributed by atoms with Crippen LogP contribution in [0.4, 0.5) is 10.8 Å². The van der Waals surface area contributed by atoms with E-state index >= 15 is 0 Å². The first-order valence-electron chi connectivity index (χ1n) is 7.99. The molecule has 4 rings (SSSR count). The first-order valence-corrected chi connectivity index (χ1v) is 8.80. The molecule has 2 N–H and O–H groups in total. The number of nitrogens with one attached hydrogen (secondary N) is 1. The zero-order valence-electron chi connectivity index (χ0n) is 14.1. The van der Waals surface area contributed by atoms with Crippen LogP contribution in [-0.4, -0.2) is 27.1 Å². The molecule has 1 amide bonds. The average Bonchev–Trinajstić information content (AvgIpc) is 3.20. The third-order valence-corrected chi connectivity index (χ3v) is 4.87. The number of amides is 1. The number of nitrogens with zero attached hydrogens (tertiary/aromatic N) is 4. The number of rotatable bonds is 5. The Balaban J connectivity index is 1.60. The van der Waals surface area contributed by atoms with Gasteiger partial charge in [-0.15, -0.1) is 0 Å². The third kappa shape index (κ3) is 3.23. The number of carbonyl (C=O) groups is 1. The van der Waals surface area contributed by atoms with Crippen LogP contribution in [0, 0.1) is 10.1 Å². The summed E-state index contributed by atoms with van der Waals surface area (Å²) in [5.41, 5.74) is 3.43. The Bertz CT molecular complexity index is 1260. The van der Waals surface area contributed by atoms with Crippen molar-refractivity contribution in [3.05, 3.63) is 79.7 Å². The Morgan fingerprint density at radius 3 is 2.86 bits per heavy atom. The maximum absolute atomic E-state index is 12.2. The zero-order chi connectivity index (χ0) is 19.7. The smallest absolute Gasteiger partial charge is 0.279 e. The summed E-state index contributed by atoms with van der Waals surface area (Å²) >= 11 is 1.06. The van der Waals surface area contributed by atoms with E-state index in [1.165, 1.54) is 18.3 Å². The third-order valence-electron chi connectivity index (χ3n) is 3.90. The average molecular weight is 393 g/mol. The van der Waals surface area contributed by atoms with Crippen LogP contribution in [-0.2, 0) is 4.79 Å². The van der Waals surface area contributed by atoms with Gasteiger partial charge < -0.3 is 5.11 Å². The Morgan fingerprint density at radius 2 is 2.04 bits per heavy atom. The van der Waals surface area contributed by atoms with Gasteiger partial charge in [0.1, 0.15) is 4.88 Å². The SMILES string of the molecule is O=C1N=c2ccccc2=C1c1sc(N/N=C\c2cccc([N+](=O)[O-])c2)nc1O. The van der Waals surface area contributed by atoms with Gasteiger partial charge >= 0.3 is 0 Å². The number of aromatic hydroxyl groups is 1. The fourth-order valence-corrected chi connectivity index (χ4v) is 3.55. The molecule has 138 valence electrons. The van der Waals surface area contributed by atoms with Crippen LogP contribution in [0.15, 0.2) is 58.6 Å². The lowest BCUT2D eigenvalue weighted by Gasteiger charge is -1.95. The number of nitro groups is 1. The van der Waals surface area contributed by atoms with Crippen LogP contribution in [0.2, 0.25) is 0 Å². The largest absolute Gasteiger partial charge is 0.492 e. The number of aromatic nitrogens is 1. The maximum Gasteiger partial charge on any atom is 0.279 e. The monoisotopic (exact) mass is 393 g/mol. The number of nitro benzene ring substituents is 1. The van der Waals surface area contributed by atoms with Gasteiger partial charge in [-0.1, -0.05) is 41.7 Å². The van der Waals surface area contributed by atoms with Gasteiger partial charge in [0.15, 0.2) is 0 Å². The van der Waals surface area contributed by atoms with Crippen LogP contribution in [0.1, 0.15) is 10.4 Å². The van der Waals surface area contributed by atoms with Crippen molar-refractivity contribution in [2.75, 3.05) is 5.43 Å². The highest BCUT2D eigenvalue weighted by Gasteiger charge is 2.24. The number of para-hydroxylation sites is 1. The van der Waals surface area contributed by atoms with E-state index in [9.17, 15) is 20.0 Å². The Labute approximate surface area is 161 Å². The van der Waals surface area contributed by atoms with Gasteiger partial charge in [0, 0.05) is 22.9 Å². The van der Waals surface area contributed by atoms with Crippen LogP contribution >= 0.6 is 11.3 Å². The summed E-state index contributed by atoms with van der Waals surface area (Å²) in [6.07, 6.45) is 1.39. The van der Waals surface area contributed by atoms with Crippen molar-refractivity contribution in [1.29, 1.82) is 0 Å². The summed E-state index contributed by atoms with van der Waals surface area (Å²) in [5.74, 6) is -0.736. The van der Waals surface area contributed by atoms with E-state index in [1.807, 2.05) is 0 Å². The number of hydrogen-bond donors (Lipinski definition) is 2. The Hall–Kier alpha value is -3.92. The van der Waals surface area contributed by atoms with Crippen molar-refractivity contribution in [1.82, 2.24) is 4.98 Å². The molecular formula is C18H11N5O4S. The normalized spacial score (nSPS) is 12.9. The number of anilines is 1. The Morgan fingerprint density at radius 1 is 1.21 bits per heavy atom. The molecule has 1 aromatic heterocycles. The molecule has 0 unspecified atom stereocenters. The standard InChI is InChI=1S/C18H11N5O4S/c24-16-14(12-6-1-2-7-13(12)20-16)15-17(25)21-18(28-15)22-19-9-10-4-3-5-11(8-10)23(26)27/h1-9,25H,(H,21,22)/b19-9-. The van der Waals surface area contributed by atoms with Crippen LogP contribution < -0.4 is 16.0 Å². The molecule has 2 heterocycles. The van der Waals surface area contributed by atoms with Gasteiger partial charge in [-0.25, -0.2) is 4.99 Å². The molecule has 0 radical (unpaired) electrons. The summed E-state index contributed by atoms with van der Waals surface area (Å²) in [5, 5.41) is 26.4. The van der Waals surface area contributed by atoms with E-state index in [-0.39, 0.29) is 16.7 Å². The molecule has 0 aliphatic carbocycles. The van der Waals surface area contributed by atoms with Crippen LogP contribution in [0.5, 0.6) is 5.88 Å². The van der Waals surface area contributed by atoms with Crippen molar-refractivity contribution < 1.29 is 14.8 Å². The van der Waals surface area contributed by atoms with Crippen molar-refractivity contribution in [2.24, 2.45) is 10.1 Å². The summed E-state index contributed by atoms with van der Waals surface area (Å²) in [7, 11) is 0. The van der Waals surface area contributed by atoms with Gasteiger partial charge in [0.05, 0.1) is 22.1 Å². The molecule has 1 aliphatic heterocycles. The number of benzene rings is 2. The van der Waals surface area contributed by atoms with E-state index in [0.717, 1.165) is 11.3 Å². The predicted molar refractivity (Wildman–Crippen MR) is 103 cm³/mol. The predicted octanol–water partition coefficient (Wildman–Crippen LogP) is 1.56.